The minimum absolute atomic E-state index is 0.229. The molecular formula is C15H17FN6. The van der Waals surface area contributed by atoms with Gasteiger partial charge in [-0.3, -0.25) is 4.68 Å². The molecule has 3 aromatic rings. The number of hydrogen-bond acceptors (Lipinski definition) is 4. The fourth-order valence-corrected chi connectivity index (χ4v) is 2.26. The molecule has 6 nitrogen and oxygen atoms in total. The maximum Gasteiger partial charge on any atom is 0.204 e. The van der Waals surface area contributed by atoms with Crippen molar-refractivity contribution in [2.24, 2.45) is 7.05 Å². The fraction of sp³-hybridized carbons (Fsp3) is 0.333. The highest BCUT2D eigenvalue weighted by atomic mass is 19.1. The van der Waals surface area contributed by atoms with Crippen LogP contribution in [0.2, 0.25) is 0 Å². The van der Waals surface area contributed by atoms with Gasteiger partial charge in [-0.15, -0.1) is 10.2 Å². The SMILES string of the molecule is Cc1cc(-c2nnn(CCCc3cnn(C)c3)n2)ccc1F. The van der Waals surface area contributed by atoms with Gasteiger partial charge < -0.3 is 0 Å². The van der Waals surface area contributed by atoms with E-state index < -0.39 is 0 Å². The quantitative estimate of drug-likeness (QED) is 0.724. The summed E-state index contributed by atoms with van der Waals surface area (Å²) in [6.45, 7) is 2.40. The van der Waals surface area contributed by atoms with Gasteiger partial charge in [-0.2, -0.15) is 9.90 Å². The van der Waals surface area contributed by atoms with Crippen LogP contribution >= 0.6 is 0 Å². The van der Waals surface area contributed by atoms with Crippen molar-refractivity contribution >= 4 is 0 Å². The van der Waals surface area contributed by atoms with Crippen LogP contribution in [0.5, 0.6) is 0 Å². The van der Waals surface area contributed by atoms with Crippen molar-refractivity contribution in [1.82, 2.24) is 30.0 Å². The summed E-state index contributed by atoms with van der Waals surface area (Å²) in [6, 6.07) is 4.82. The van der Waals surface area contributed by atoms with Crippen molar-refractivity contribution in [1.29, 1.82) is 0 Å². The fourth-order valence-electron chi connectivity index (χ4n) is 2.26. The smallest absolute Gasteiger partial charge is 0.204 e. The number of aryl methyl sites for hydroxylation is 4. The van der Waals surface area contributed by atoms with Gasteiger partial charge in [0.1, 0.15) is 5.82 Å². The van der Waals surface area contributed by atoms with E-state index in [-0.39, 0.29) is 5.82 Å². The van der Waals surface area contributed by atoms with Crippen LogP contribution in [-0.4, -0.2) is 30.0 Å². The van der Waals surface area contributed by atoms with Crippen LogP contribution in [0.4, 0.5) is 4.39 Å². The van der Waals surface area contributed by atoms with Crippen molar-refractivity contribution in [3.8, 4) is 11.4 Å². The Bertz CT molecular complexity index is 776. The number of halogens is 1. The Kier molecular flexibility index (Phi) is 3.95. The molecule has 0 saturated carbocycles. The first-order valence-corrected chi connectivity index (χ1v) is 7.13. The average Bonchev–Trinajstić information content (AvgIpc) is 3.11. The summed E-state index contributed by atoms with van der Waals surface area (Å²) < 4.78 is 15.1. The van der Waals surface area contributed by atoms with E-state index in [1.807, 2.05) is 19.4 Å². The van der Waals surface area contributed by atoms with E-state index in [4.69, 9.17) is 0 Å². The summed E-state index contributed by atoms with van der Waals surface area (Å²) in [7, 11) is 1.90. The van der Waals surface area contributed by atoms with Gasteiger partial charge >= 0.3 is 0 Å². The molecule has 0 aliphatic rings. The van der Waals surface area contributed by atoms with E-state index in [0.29, 0.717) is 17.9 Å². The third-order valence-electron chi connectivity index (χ3n) is 3.45. The topological polar surface area (TPSA) is 61.4 Å². The monoisotopic (exact) mass is 300 g/mol. The highest BCUT2D eigenvalue weighted by molar-refractivity contribution is 5.54. The Morgan fingerprint density at radius 1 is 1.27 bits per heavy atom. The summed E-state index contributed by atoms with van der Waals surface area (Å²) in [5.74, 6) is 0.289. The molecule has 0 fully saturated rings. The largest absolute Gasteiger partial charge is 0.276 e. The first-order valence-electron chi connectivity index (χ1n) is 7.13. The van der Waals surface area contributed by atoms with Crippen LogP contribution in [0, 0.1) is 12.7 Å². The lowest BCUT2D eigenvalue weighted by Crippen LogP contribution is -2.03. The molecule has 114 valence electrons. The van der Waals surface area contributed by atoms with Gasteiger partial charge in [-0.25, -0.2) is 4.39 Å². The molecule has 0 atom stereocenters. The second-order valence-electron chi connectivity index (χ2n) is 5.30. The van der Waals surface area contributed by atoms with Crippen molar-refractivity contribution in [2.45, 2.75) is 26.3 Å². The highest BCUT2D eigenvalue weighted by Crippen LogP contribution is 2.17. The van der Waals surface area contributed by atoms with E-state index >= 15 is 0 Å². The van der Waals surface area contributed by atoms with Gasteiger partial charge in [-0.05, 0) is 54.3 Å². The van der Waals surface area contributed by atoms with Crippen molar-refractivity contribution in [2.75, 3.05) is 0 Å². The van der Waals surface area contributed by atoms with Crippen LogP contribution in [0.1, 0.15) is 17.5 Å². The lowest BCUT2D eigenvalue weighted by molar-refractivity contribution is 0.500. The van der Waals surface area contributed by atoms with E-state index in [9.17, 15) is 4.39 Å². The van der Waals surface area contributed by atoms with Crippen LogP contribution in [0.15, 0.2) is 30.6 Å². The predicted octanol–water partition coefficient (Wildman–Crippen LogP) is 2.15. The van der Waals surface area contributed by atoms with Gasteiger partial charge in [0.2, 0.25) is 5.82 Å². The lowest BCUT2D eigenvalue weighted by Gasteiger charge is -1.99. The zero-order valence-corrected chi connectivity index (χ0v) is 12.6. The molecule has 2 heterocycles. The Labute approximate surface area is 127 Å². The van der Waals surface area contributed by atoms with Crippen LogP contribution < -0.4 is 0 Å². The number of benzene rings is 1. The molecule has 0 aliphatic heterocycles. The van der Waals surface area contributed by atoms with E-state index in [1.165, 1.54) is 11.6 Å². The molecule has 22 heavy (non-hydrogen) atoms. The van der Waals surface area contributed by atoms with Crippen molar-refractivity contribution in [3.05, 3.63) is 47.5 Å². The van der Waals surface area contributed by atoms with Crippen molar-refractivity contribution in [3.63, 3.8) is 0 Å². The molecule has 0 radical (unpaired) electrons. The number of tetrazole rings is 1. The summed E-state index contributed by atoms with van der Waals surface area (Å²) in [6.07, 6.45) is 5.69. The molecule has 0 amide bonds. The Hall–Kier alpha value is -2.57. The summed E-state index contributed by atoms with van der Waals surface area (Å²) in [5.41, 5.74) is 2.54. The van der Waals surface area contributed by atoms with Gasteiger partial charge in [0, 0.05) is 18.8 Å². The summed E-state index contributed by atoms with van der Waals surface area (Å²) >= 11 is 0. The molecule has 2 aromatic heterocycles. The number of rotatable bonds is 5. The van der Waals surface area contributed by atoms with E-state index in [0.717, 1.165) is 18.4 Å². The van der Waals surface area contributed by atoms with Crippen molar-refractivity contribution < 1.29 is 4.39 Å². The molecule has 7 heteroatoms. The Balaban J connectivity index is 1.62. The number of hydrogen-bond donors (Lipinski definition) is 0. The summed E-state index contributed by atoms with van der Waals surface area (Å²) in [4.78, 5) is 1.57. The molecule has 1 aromatic carbocycles. The van der Waals surface area contributed by atoms with E-state index in [2.05, 4.69) is 20.5 Å². The average molecular weight is 300 g/mol. The maximum atomic E-state index is 13.3. The van der Waals surface area contributed by atoms with Gasteiger partial charge in [0.25, 0.3) is 0 Å². The standard InChI is InChI=1S/C15H17FN6/c1-11-8-13(5-6-14(11)16)15-18-20-22(19-15)7-3-4-12-9-17-21(2)10-12/h5-6,8-10H,3-4,7H2,1-2H3. The summed E-state index contributed by atoms with van der Waals surface area (Å²) in [5, 5.41) is 16.5. The van der Waals surface area contributed by atoms with Crippen LogP contribution in [0.25, 0.3) is 11.4 Å². The molecule has 0 aliphatic carbocycles. The van der Waals surface area contributed by atoms with Gasteiger partial charge in [0.05, 0.1) is 12.7 Å². The van der Waals surface area contributed by atoms with Gasteiger partial charge in [-0.1, -0.05) is 0 Å². The third-order valence-corrected chi connectivity index (χ3v) is 3.45. The lowest BCUT2D eigenvalue weighted by atomic mass is 10.1. The maximum absolute atomic E-state index is 13.3. The first-order chi connectivity index (χ1) is 10.6. The Morgan fingerprint density at radius 2 is 2.14 bits per heavy atom. The molecule has 3 rings (SSSR count). The normalized spacial score (nSPS) is 11.0. The second kappa shape index (κ2) is 6.05. The van der Waals surface area contributed by atoms with E-state index in [1.54, 1.807) is 28.5 Å². The zero-order chi connectivity index (χ0) is 15.5. The van der Waals surface area contributed by atoms with Crippen LogP contribution in [0.3, 0.4) is 0 Å². The molecule has 0 N–H and O–H groups in total. The highest BCUT2D eigenvalue weighted by Gasteiger charge is 2.08. The van der Waals surface area contributed by atoms with Crippen LogP contribution in [-0.2, 0) is 20.0 Å². The minimum atomic E-state index is -0.229. The first kappa shape index (κ1) is 14.4. The number of aromatic nitrogens is 6. The zero-order valence-electron chi connectivity index (χ0n) is 12.6. The second-order valence-corrected chi connectivity index (χ2v) is 5.30. The molecule has 0 bridgehead atoms. The molecule has 0 spiro atoms. The number of nitrogens with zero attached hydrogens (tertiary/aromatic N) is 6. The molecule has 0 unspecified atom stereocenters. The third kappa shape index (κ3) is 3.19. The predicted molar refractivity (Wildman–Crippen MR) is 79.5 cm³/mol. The molecule has 0 saturated heterocycles. The minimum Gasteiger partial charge on any atom is -0.276 e. The molecular weight excluding hydrogens is 283 g/mol. The van der Waals surface area contributed by atoms with Gasteiger partial charge in [0.15, 0.2) is 0 Å². The Morgan fingerprint density at radius 3 is 2.86 bits per heavy atom.